The van der Waals surface area contributed by atoms with Crippen molar-refractivity contribution in [3.63, 3.8) is 0 Å². The molecule has 3 aromatic rings. The van der Waals surface area contributed by atoms with Gasteiger partial charge in [-0.25, -0.2) is 15.0 Å². The number of aryl methyl sites for hydroxylation is 1. The van der Waals surface area contributed by atoms with Crippen LogP contribution in [0.1, 0.15) is 12.1 Å². The number of piperidine rings is 1. The van der Waals surface area contributed by atoms with Gasteiger partial charge in [-0.05, 0) is 30.6 Å². The maximum absolute atomic E-state index is 11.9. The van der Waals surface area contributed by atoms with Crippen LogP contribution in [0.25, 0.3) is 22.3 Å². The average Bonchev–Trinajstić information content (AvgIpc) is 3.16. The van der Waals surface area contributed by atoms with E-state index in [1.165, 1.54) is 19.5 Å². The monoisotopic (exact) mass is 521 g/mol. The van der Waals surface area contributed by atoms with Crippen LogP contribution >= 0.6 is 11.6 Å². The number of carbonyl (C=O) groups is 1. The molecule has 3 aromatic heterocycles. The summed E-state index contributed by atoms with van der Waals surface area (Å²) >= 11 is 6.21. The Morgan fingerprint density at radius 2 is 2.11 bits per heavy atom. The number of aliphatic hydroxyl groups is 1. The normalized spacial score (nSPS) is 20.3. The van der Waals surface area contributed by atoms with E-state index >= 15 is 0 Å². The third-order valence-electron chi connectivity index (χ3n) is 7.07. The summed E-state index contributed by atoms with van der Waals surface area (Å²) in [6.45, 7) is 5.96. The smallest absolute Gasteiger partial charge is 0.246 e. The highest BCUT2D eigenvalue weighted by atomic mass is 35.5. The van der Waals surface area contributed by atoms with Crippen molar-refractivity contribution in [3.05, 3.63) is 41.8 Å². The van der Waals surface area contributed by atoms with Crippen molar-refractivity contribution >= 4 is 34.4 Å². The van der Waals surface area contributed by atoms with E-state index in [9.17, 15) is 9.90 Å². The lowest BCUT2D eigenvalue weighted by molar-refractivity contribution is -0.132. The van der Waals surface area contributed by atoms with E-state index in [2.05, 4.69) is 38.3 Å². The van der Waals surface area contributed by atoms with Crippen LogP contribution in [0.4, 0.5) is 5.82 Å². The van der Waals surface area contributed by atoms with Crippen LogP contribution in [0.5, 0.6) is 5.88 Å². The van der Waals surface area contributed by atoms with Crippen molar-refractivity contribution in [3.8, 4) is 29.0 Å². The van der Waals surface area contributed by atoms with Gasteiger partial charge in [-0.3, -0.25) is 9.69 Å². The Morgan fingerprint density at radius 1 is 1.32 bits per heavy atom. The van der Waals surface area contributed by atoms with Crippen molar-refractivity contribution < 1.29 is 14.6 Å². The Hall–Kier alpha value is -3.65. The van der Waals surface area contributed by atoms with Gasteiger partial charge < -0.3 is 25.0 Å². The van der Waals surface area contributed by atoms with Gasteiger partial charge in [-0.2, -0.15) is 0 Å². The molecule has 0 spiro atoms. The van der Waals surface area contributed by atoms with Crippen LogP contribution in [0.15, 0.2) is 31.1 Å². The Kier molecular flexibility index (Phi) is 6.77. The second kappa shape index (κ2) is 10.0. The van der Waals surface area contributed by atoms with Crippen molar-refractivity contribution in [2.24, 2.45) is 13.0 Å². The minimum Gasteiger partial charge on any atom is -0.480 e. The lowest BCUT2D eigenvalue weighted by Gasteiger charge is -2.47. The molecule has 0 aliphatic carbocycles. The fourth-order valence-electron chi connectivity index (χ4n) is 5.10. The third kappa shape index (κ3) is 4.50. The summed E-state index contributed by atoms with van der Waals surface area (Å²) in [6, 6.07) is 3.54. The van der Waals surface area contributed by atoms with Gasteiger partial charge in [0.25, 0.3) is 0 Å². The number of hydrogen-bond acceptors (Lipinski definition) is 8. The molecule has 0 bridgehead atoms. The van der Waals surface area contributed by atoms with E-state index in [0.29, 0.717) is 52.2 Å². The van der Waals surface area contributed by atoms with Crippen LogP contribution in [-0.2, 0) is 11.8 Å². The standard InChI is InChI=1S/C26H28ClN7O3/c1-4-21(36)33-10-9-18(20(35)13-33)34-11-15(12-34)5-8-19-22(17-7-6-16(27)26(31-17)37-3)23-24(28)29-14-30-25(23)32(19)2/h4,6-7,14-15,18,20,35H,1,9-13H2,2-3H3,(H2,28,29,30)/t18-,20+/m1/s1. The number of anilines is 1. The zero-order valence-corrected chi connectivity index (χ0v) is 21.4. The molecule has 2 fully saturated rings. The number of ether oxygens (including phenoxy) is 1. The SMILES string of the molecule is C=CC(=O)N1CC[C@@H](N2CC(C#Cc3c(-c4ccc(Cl)c(OC)n4)c4c(N)ncnc4n3C)C2)[C@@H](O)C1. The Morgan fingerprint density at radius 3 is 2.81 bits per heavy atom. The number of nitrogens with two attached hydrogens (primary N) is 1. The largest absolute Gasteiger partial charge is 0.480 e. The van der Waals surface area contributed by atoms with E-state index < -0.39 is 6.10 Å². The first-order valence-electron chi connectivity index (χ1n) is 12.0. The van der Waals surface area contributed by atoms with Gasteiger partial charge in [0.05, 0.1) is 24.3 Å². The molecule has 2 saturated heterocycles. The fraction of sp³-hybridized carbons (Fsp3) is 0.385. The minimum atomic E-state index is -0.594. The number of β-amino-alcohol motifs (C(OH)–C–C–N with tert-alkyl or cyclic N) is 1. The number of hydrogen-bond donors (Lipinski definition) is 2. The number of aliphatic hydroxyl groups excluding tert-OH is 1. The number of nitrogens with zero attached hydrogens (tertiary/aromatic N) is 6. The second-order valence-electron chi connectivity index (χ2n) is 9.26. The molecule has 0 radical (unpaired) electrons. The summed E-state index contributed by atoms with van der Waals surface area (Å²) in [7, 11) is 3.40. The molecular weight excluding hydrogens is 494 g/mol. The molecule has 11 heteroatoms. The van der Waals surface area contributed by atoms with E-state index in [0.717, 1.165) is 25.1 Å². The van der Waals surface area contributed by atoms with Crippen molar-refractivity contribution in [2.45, 2.75) is 18.6 Å². The predicted octanol–water partition coefficient (Wildman–Crippen LogP) is 1.71. The molecule has 10 nitrogen and oxygen atoms in total. The van der Waals surface area contributed by atoms with Gasteiger partial charge in [-0.15, -0.1) is 0 Å². The zero-order chi connectivity index (χ0) is 26.3. The number of carbonyl (C=O) groups excluding carboxylic acids is 1. The molecule has 192 valence electrons. The van der Waals surface area contributed by atoms with Gasteiger partial charge in [0.15, 0.2) is 0 Å². The van der Waals surface area contributed by atoms with Gasteiger partial charge >= 0.3 is 0 Å². The van der Waals surface area contributed by atoms with Crippen LogP contribution in [0, 0.1) is 17.8 Å². The highest BCUT2D eigenvalue weighted by Gasteiger charge is 2.38. The van der Waals surface area contributed by atoms with Crippen molar-refractivity contribution in [2.75, 3.05) is 39.0 Å². The third-order valence-corrected chi connectivity index (χ3v) is 7.35. The predicted molar refractivity (Wildman–Crippen MR) is 141 cm³/mol. The van der Waals surface area contributed by atoms with E-state index in [1.54, 1.807) is 17.0 Å². The second-order valence-corrected chi connectivity index (χ2v) is 9.67. The summed E-state index contributed by atoms with van der Waals surface area (Å²) in [5.74, 6) is 7.36. The van der Waals surface area contributed by atoms with Crippen LogP contribution in [0.3, 0.4) is 0 Å². The first-order valence-corrected chi connectivity index (χ1v) is 12.3. The topological polar surface area (TPSA) is 123 Å². The van der Waals surface area contributed by atoms with Crippen molar-refractivity contribution in [1.29, 1.82) is 0 Å². The maximum atomic E-state index is 11.9. The molecule has 0 aromatic carbocycles. The molecule has 1 amide bonds. The van der Waals surface area contributed by atoms with E-state index in [1.807, 2.05) is 11.6 Å². The minimum absolute atomic E-state index is 0.0147. The molecular formula is C26H28ClN7O3. The van der Waals surface area contributed by atoms with E-state index in [-0.39, 0.29) is 17.9 Å². The van der Waals surface area contributed by atoms with Crippen LogP contribution in [0.2, 0.25) is 5.02 Å². The lowest BCUT2D eigenvalue weighted by Crippen LogP contribution is -2.61. The fourth-order valence-corrected chi connectivity index (χ4v) is 5.28. The number of methoxy groups -OCH3 is 1. The molecule has 5 heterocycles. The van der Waals surface area contributed by atoms with Crippen molar-refractivity contribution in [1.82, 2.24) is 29.3 Å². The molecule has 2 aliphatic heterocycles. The Bertz CT molecular complexity index is 1440. The number of amides is 1. The highest BCUT2D eigenvalue weighted by molar-refractivity contribution is 6.31. The number of pyridine rings is 1. The molecule has 2 aliphatic rings. The maximum Gasteiger partial charge on any atom is 0.246 e. The highest BCUT2D eigenvalue weighted by Crippen LogP contribution is 2.37. The number of aromatic nitrogens is 4. The lowest BCUT2D eigenvalue weighted by atomic mass is 9.92. The summed E-state index contributed by atoms with van der Waals surface area (Å²) < 4.78 is 7.22. The summed E-state index contributed by atoms with van der Waals surface area (Å²) in [5.41, 5.74) is 8.97. The molecule has 0 saturated carbocycles. The van der Waals surface area contributed by atoms with Gasteiger partial charge in [-0.1, -0.05) is 24.1 Å². The van der Waals surface area contributed by atoms with Gasteiger partial charge in [0.1, 0.15) is 28.5 Å². The quantitative estimate of drug-likeness (QED) is 0.393. The summed E-state index contributed by atoms with van der Waals surface area (Å²) in [5, 5.41) is 11.7. The molecule has 5 rings (SSSR count). The Labute approximate surface area is 219 Å². The molecule has 0 unspecified atom stereocenters. The molecule has 3 N–H and O–H groups in total. The van der Waals surface area contributed by atoms with Crippen LogP contribution in [-0.4, -0.2) is 85.8 Å². The zero-order valence-electron chi connectivity index (χ0n) is 20.7. The number of halogens is 1. The van der Waals surface area contributed by atoms with Gasteiger partial charge in [0.2, 0.25) is 11.8 Å². The summed E-state index contributed by atoms with van der Waals surface area (Å²) in [4.78, 5) is 28.9. The number of likely N-dealkylation sites (tertiary alicyclic amines) is 2. The Balaban J connectivity index is 1.40. The first kappa shape index (κ1) is 25.0. The van der Waals surface area contributed by atoms with Crippen LogP contribution < -0.4 is 10.5 Å². The molecule has 37 heavy (non-hydrogen) atoms. The van der Waals surface area contributed by atoms with Gasteiger partial charge in [0, 0.05) is 50.7 Å². The number of nitrogen functional groups attached to an aromatic ring is 1. The average molecular weight is 522 g/mol. The number of fused-ring (bicyclic) bond motifs is 1. The molecule has 2 atom stereocenters. The first-order chi connectivity index (χ1) is 17.8. The van der Waals surface area contributed by atoms with E-state index in [4.69, 9.17) is 22.1 Å². The number of rotatable bonds is 4. The summed E-state index contributed by atoms with van der Waals surface area (Å²) in [6.07, 6.45) is 2.84.